The van der Waals surface area contributed by atoms with Crippen molar-refractivity contribution >= 4 is 17.3 Å². The zero-order chi connectivity index (χ0) is 15.1. The minimum Gasteiger partial charge on any atom is -0.396 e. The number of nitrogens with zero attached hydrogens (tertiary/aromatic N) is 1. The zero-order valence-corrected chi connectivity index (χ0v) is 13.7. The Kier molecular flexibility index (Phi) is 7.35. The summed E-state index contributed by atoms with van der Waals surface area (Å²) in [5.41, 5.74) is 2.24. The number of hydrogen-bond donors (Lipinski definition) is 2. The summed E-state index contributed by atoms with van der Waals surface area (Å²) in [6, 6.07) is 6.91. The van der Waals surface area contributed by atoms with Gasteiger partial charge in [-0.2, -0.15) is 0 Å². The Morgan fingerprint density at radius 1 is 1.30 bits per heavy atom. The first kappa shape index (κ1) is 17.3. The summed E-state index contributed by atoms with van der Waals surface area (Å²) in [7, 11) is 0. The van der Waals surface area contributed by atoms with E-state index in [1.165, 1.54) is 5.56 Å². The van der Waals surface area contributed by atoms with Gasteiger partial charge < -0.3 is 15.3 Å². The van der Waals surface area contributed by atoms with E-state index >= 15 is 0 Å². The van der Waals surface area contributed by atoms with Crippen LogP contribution < -0.4 is 10.2 Å². The third kappa shape index (κ3) is 4.65. The van der Waals surface area contributed by atoms with Crippen LogP contribution in [-0.2, 0) is 0 Å². The predicted molar refractivity (Wildman–Crippen MR) is 87.7 cm³/mol. The number of aliphatic hydroxyl groups is 1. The monoisotopic (exact) mass is 298 g/mol. The fourth-order valence-corrected chi connectivity index (χ4v) is 2.64. The second-order valence-electron chi connectivity index (χ2n) is 5.35. The molecule has 4 heteroatoms. The smallest absolute Gasteiger partial charge is 0.0642 e. The van der Waals surface area contributed by atoms with Gasteiger partial charge in [0.2, 0.25) is 0 Å². The van der Waals surface area contributed by atoms with Crippen LogP contribution in [0.15, 0.2) is 18.2 Å². The minimum absolute atomic E-state index is 0.205. The first-order valence-corrected chi connectivity index (χ1v) is 7.79. The fraction of sp³-hybridized carbons (Fsp3) is 0.625. The van der Waals surface area contributed by atoms with Gasteiger partial charge in [0.25, 0.3) is 0 Å². The molecule has 0 saturated heterocycles. The number of hydrogen-bond acceptors (Lipinski definition) is 3. The van der Waals surface area contributed by atoms with Crippen molar-refractivity contribution in [2.75, 3.05) is 24.6 Å². The fourth-order valence-electron chi connectivity index (χ4n) is 2.35. The van der Waals surface area contributed by atoms with Gasteiger partial charge in [-0.25, -0.2) is 0 Å². The van der Waals surface area contributed by atoms with Crippen molar-refractivity contribution in [1.82, 2.24) is 5.32 Å². The van der Waals surface area contributed by atoms with Gasteiger partial charge >= 0.3 is 0 Å². The third-order valence-corrected chi connectivity index (χ3v) is 3.77. The van der Waals surface area contributed by atoms with Crippen molar-refractivity contribution in [2.45, 2.75) is 46.2 Å². The topological polar surface area (TPSA) is 35.5 Å². The highest BCUT2D eigenvalue weighted by Crippen LogP contribution is 2.30. The molecule has 0 aliphatic carbocycles. The molecule has 1 rings (SSSR count). The van der Waals surface area contributed by atoms with E-state index in [2.05, 4.69) is 50.0 Å². The molecule has 0 aliphatic heterocycles. The van der Waals surface area contributed by atoms with E-state index in [9.17, 15) is 0 Å². The van der Waals surface area contributed by atoms with Gasteiger partial charge in [-0.15, -0.1) is 0 Å². The van der Waals surface area contributed by atoms with Crippen molar-refractivity contribution in [2.24, 2.45) is 0 Å². The Morgan fingerprint density at radius 3 is 2.50 bits per heavy atom. The van der Waals surface area contributed by atoms with Gasteiger partial charge in [-0.05, 0) is 51.4 Å². The molecule has 0 spiro atoms. The lowest BCUT2D eigenvalue weighted by molar-refractivity contribution is 0.288. The highest BCUT2D eigenvalue weighted by atomic mass is 35.5. The van der Waals surface area contributed by atoms with Crippen LogP contribution in [0.5, 0.6) is 0 Å². The summed E-state index contributed by atoms with van der Waals surface area (Å²) in [6.45, 7) is 10.5. The molecule has 1 aromatic rings. The van der Waals surface area contributed by atoms with E-state index in [1.54, 1.807) is 0 Å². The molecule has 1 unspecified atom stereocenters. The average Bonchev–Trinajstić information content (AvgIpc) is 2.40. The summed E-state index contributed by atoms with van der Waals surface area (Å²) in [6.07, 6.45) is 0.754. The van der Waals surface area contributed by atoms with Gasteiger partial charge in [0.05, 0.1) is 10.7 Å². The van der Waals surface area contributed by atoms with Crippen LogP contribution in [0.4, 0.5) is 5.69 Å². The van der Waals surface area contributed by atoms with Crippen molar-refractivity contribution in [3.8, 4) is 0 Å². The number of halogens is 1. The standard InChI is InChI=1S/C16H27ClN2O/c1-5-18-13(4)14-7-8-16(15(17)11-14)19(12(2)3)9-6-10-20/h7-8,11-13,18,20H,5-6,9-10H2,1-4H3. The van der Waals surface area contributed by atoms with E-state index in [4.69, 9.17) is 16.7 Å². The highest BCUT2D eigenvalue weighted by molar-refractivity contribution is 6.33. The number of benzene rings is 1. The van der Waals surface area contributed by atoms with Gasteiger partial charge in [-0.1, -0.05) is 24.6 Å². The molecule has 0 aromatic heterocycles. The quantitative estimate of drug-likeness (QED) is 0.769. The minimum atomic E-state index is 0.205. The van der Waals surface area contributed by atoms with Crippen LogP contribution in [0.2, 0.25) is 5.02 Å². The molecule has 1 atom stereocenters. The largest absolute Gasteiger partial charge is 0.396 e. The molecule has 0 aliphatic rings. The Hall–Kier alpha value is -0.770. The summed E-state index contributed by atoms with van der Waals surface area (Å²) in [5, 5.41) is 13.2. The molecule has 0 heterocycles. The Bertz CT molecular complexity index is 409. The molecule has 1 aromatic carbocycles. The average molecular weight is 299 g/mol. The zero-order valence-electron chi connectivity index (χ0n) is 13.0. The number of aliphatic hydroxyl groups excluding tert-OH is 1. The van der Waals surface area contributed by atoms with E-state index in [0.717, 1.165) is 30.2 Å². The molecule has 0 radical (unpaired) electrons. The lowest BCUT2D eigenvalue weighted by atomic mass is 10.1. The molecule has 0 amide bonds. The number of rotatable bonds is 8. The van der Waals surface area contributed by atoms with Crippen LogP contribution in [0.25, 0.3) is 0 Å². The van der Waals surface area contributed by atoms with E-state index < -0.39 is 0 Å². The Morgan fingerprint density at radius 2 is 2.00 bits per heavy atom. The van der Waals surface area contributed by atoms with Crippen LogP contribution in [0.1, 0.15) is 45.7 Å². The molecule has 0 bridgehead atoms. The highest BCUT2D eigenvalue weighted by Gasteiger charge is 2.15. The summed E-state index contributed by atoms with van der Waals surface area (Å²) >= 11 is 6.46. The maximum atomic E-state index is 9.02. The van der Waals surface area contributed by atoms with Crippen molar-refractivity contribution in [3.05, 3.63) is 28.8 Å². The van der Waals surface area contributed by atoms with Gasteiger partial charge in [0.15, 0.2) is 0 Å². The van der Waals surface area contributed by atoms with Crippen molar-refractivity contribution < 1.29 is 5.11 Å². The molecule has 20 heavy (non-hydrogen) atoms. The van der Waals surface area contributed by atoms with Crippen molar-refractivity contribution in [1.29, 1.82) is 0 Å². The lowest BCUT2D eigenvalue weighted by Gasteiger charge is -2.30. The molecule has 0 saturated carbocycles. The van der Waals surface area contributed by atoms with Gasteiger partial charge in [-0.3, -0.25) is 0 Å². The maximum Gasteiger partial charge on any atom is 0.0642 e. The third-order valence-electron chi connectivity index (χ3n) is 3.47. The van der Waals surface area contributed by atoms with Crippen LogP contribution in [-0.4, -0.2) is 30.8 Å². The Labute approximate surface area is 127 Å². The summed E-state index contributed by atoms with van der Waals surface area (Å²) in [5.74, 6) is 0. The Balaban J connectivity index is 2.94. The molecular formula is C16H27ClN2O. The summed E-state index contributed by atoms with van der Waals surface area (Å²) in [4.78, 5) is 2.24. The molecule has 0 fully saturated rings. The molecule has 3 nitrogen and oxygen atoms in total. The van der Waals surface area contributed by atoms with E-state index in [1.807, 2.05) is 6.07 Å². The van der Waals surface area contributed by atoms with E-state index in [-0.39, 0.29) is 6.61 Å². The van der Waals surface area contributed by atoms with E-state index in [0.29, 0.717) is 12.1 Å². The van der Waals surface area contributed by atoms with Crippen LogP contribution in [0.3, 0.4) is 0 Å². The maximum absolute atomic E-state index is 9.02. The van der Waals surface area contributed by atoms with Crippen LogP contribution >= 0.6 is 11.6 Å². The van der Waals surface area contributed by atoms with Crippen molar-refractivity contribution in [3.63, 3.8) is 0 Å². The normalized spacial score (nSPS) is 12.8. The first-order chi connectivity index (χ1) is 9.51. The molecular weight excluding hydrogens is 272 g/mol. The predicted octanol–water partition coefficient (Wildman–Crippen LogP) is 3.61. The molecule has 114 valence electrons. The number of nitrogens with one attached hydrogen (secondary N) is 1. The van der Waals surface area contributed by atoms with Gasteiger partial charge in [0.1, 0.15) is 0 Å². The summed E-state index contributed by atoms with van der Waals surface area (Å²) < 4.78 is 0. The second kappa shape index (κ2) is 8.50. The number of anilines is 1. The van der Waals surface area contributed by atoms with Gasteiger partial charge in [0, 0.05) is 25.2 Å². The first-order valence-electron chi connectivity index (χ1n) is 7.41. The lowest BCUT2D eigenvalue weighted by Crippen LogP contribution is -2.32. The molecule has 2 N–H and O–H groups in total. The second-order valence-corrected chi connectivity index (χ2v) is 5.76. The van der Waals surface area contributed by atoms with Crippen LogP contribution in [0, 0.1) is 0 Å². The SMILES string of the molecule is CCNC(C)c1ccc(N(CCCO)C(C)C)c(Cl)c1.